The van der Waals surface area contributed by atoms with Gasteiger partial charge in [0, 0.05) is 4.90 Å². The fraction of sp³-hybridized carbons (Fsp3) is 0.385. The number of carbonyl (C=O) groups is 2. The molecule has 0 N–H and O–H groups in total. The molecule has 0 spiro atoms. The highest BCUT2D eigenvalue weighted by atomic mass is 32.2. The number of thioether (sulfide) groups is 1. The first-order chi connectivity index (χ1) is 17.1. The van der Waals surface area contributed by atoms with Crippen LogP contribution in [0.4, 0.5) is 13.2 Å². The number of nitrogens with zero attached hydrogens (tertiary/aromatic N) is 3. The van der Waals surface area contributed by atoms with Gasteiger partial charge in [0.2, 0.25) is 0 Å². The molecule has 11 heteroatoms. The highest BCUT2D eigenvalue weighted by Gasteiger charge is 2.34. The molecule has 0 aliphatic carbocycles. The lowest BCUT2D eigenvalue weighted by atomic mass is 10.1. The van der Waals surface area contributed by atoms with Crippen molar-refractivity contribution in [2.24, 2.45) is 0 Å². The third-order valence-corrected chi connectivity index (χ3v) is 6.10. The van der Waals surface area contributed by atoms with Crippen molar-refractivity contribution < 1.29 is 32.2 Å². The van der Waals surface area contributed by atoms with E-state index >= 15 is 0 Å². The molecule has 198 valence electrons. The zero-order valence-corrected chi connectivity index (χ0v) is 21.9. The zero-order chi connectivity index (χ0) is 27.4. The van der Waals surface area contributed by atoms with Crippen LogP contribution >= 0.6 is 11.8 Å². The standard InChI is InChI=1S/C26H28F3N3O4S/c1-24(2,3)36-23(34)25(4,5)37-21-12-8-18(9-13-21)22(33)35-16-20-15-32(31-30-20)14-17-6-10-19(11-7-17)26(27,28)29/h6-13,15H,14,16H2,1-5H3. The van der Waals surface area contributed by atoms with Crippen molar-refractivity contribution in [3.8, 4) is 0 Å². The lowest BCUT2D eigenvalue weighted by molar-refractivity contribution is -0.156. The van der Waals surface area contributed by atoms with Gasteiger partial charge in [0.05, 0.1) is 23.9 Å². The predicted octanol–water partition coefficient (Wildman–Crippen LogP) is 5.91. The van der Waals surface area contributed by atoms with Crippen molar-refractivity contribution in [1.82, 2.24) is 15.0 Å². The Balaban J connectivity index is 1.52. The van der Waals surface area contributed by atoms with Gasteiger partial charge in [0.25, 0.3) is 0 Å². The summed E-state index contributed by atoms with van der Waals surface area (Å²) < 4.78 is 49.5. The molecular weight excluding hydrogens is 507 g/mol. The van der Waals surface area contributed by atoms with Crippen molar-refractivity contribution in [2.45, 2.75) is 69.2 Å². The van der Waals surface area contributed by atoms with Gasteiger partial charge in [-0.1, -0.05) is 17.3 Å². The van der Waals surface area contributed by atoms with Gasteiger partial charge in [-0.2, -0.15) is 13.2 Å². The van der Waals surface area contributed by atoms with Crippen LogP contribution in [0.2, 0.25) is 0 Å². The minimum Gasteiger partial charge on any atom is -0.459 e. The molecule has 0 amide bonds. The fourth-order valence-electron chi connectivity index (χ4n) is 3.09. The maximum Gasteiger partial charge on any atom is 0.416 e. The average Bonchev–Trinajstić information content (AvgIpc) is 3.23. The molecule has 7 nitrogen and oxygen atoms in total. The van der Waals surface area contributed by atoms with E-state index < -0.39 is 28.1 Å². The van der Waals surface area contributed by atoms with Crippen LogP contribution in [0.1, 0.15) is 61.8 Å². The SMILES string of the molecule is CC(C)(C)OC(=O)C(C)(C)Sc1ccc(C(=O)OCc2cn(Cc3ccc(C(F)(F)F)cc3)nn2)cc1. The minimum absolute atomic E-state index is 0.117. The molecule has 0 aliphatic rings. The molecule has 0 bridgehead atoms. The molecule has 1 heterocycles. The van der Waals surface area contributed by atoms with Gasteiger partial charge in [-0.05, 0) is 76.6 Å². The summed E-state index contributed by atoms with van der Waals surface area (Å²) in [5.41, 5.74) is 0.0361. The number of hydrogen-bond acceptors (Lipinski definition) is 7. The van der Waals surface area contributed by atoms with Gasteiger partial charge < -0.3 is 9.47 Å². The topological polar surface area (TPSA) is 83.3 Å². The molecular formula is C26H28F3N3O4S. The van der Waals surface area contributed by atoms with Crippen molar-refractivity contribution in [2.75, 3.05) is 0 Å². The summed E-state index contributed by atoms with van der Waals surface area (Å²) in [7, 11) is 0. The lowest BCUT2D eigenvalue weighted by Gasteiger charge is -2.28. The molecule has 0 saturated carbocycles. The van der Waals surface area contributed by atoms with E-state index in [2.05, 4.69) is 10.3 Å². The summed E-state index contributed by atoms with van der Waals surface area (Å²) in [5.74, 6) is -0.889. The molecule has 2 aromatic carbocycles. The number of hydrogen-bond donors (Lipinski definition) is 0. The van der Waals surface area contributed by atoms with Gasteiger partial charge in [-0.15, -0.1) is 16.9 Å². The summed E-state index contributed by atoms with van der Waals surface area (Å²) in [4.78, 5) is 25.7. The quantitative estimate of drug-likeness (QED) is 0.262. The largest absolute Gasteiger partial charge is 0.459 e. The molecule has 0 unspecified atom stereocenters. The highest BCUT2D eigenvalue weighted by molar-refractivity contribution is 8.01. The summed E-state index contributed by atoms with van der Waals surface area (Å²) >= 11 is 1.33. The second-order valence-corrected chi connectivity index (χ2v) is 11.5. The maximum atomic E-state index is 12.7. The fourth-order valence-corrected chi connectivity index (χ4v) is 4.07. The Labute approximate surface area is 217 Å². The van der Waals surface area contributed by atoms with E-state index in [0.717, 1.165) is 17.0 Å². The molecule has 0 fully saturated rings. The van der Waals surface area contributed by atoms with Gasteiger partial charge >= 0.3 is 18.1 Å². The smallest absolute Gasteiger partial charge is 0.416 e. The Morgan fingerprint density at radius 3 is 2.14 bits per heavy atom. The van der Waals surface area contributed by atoms with E-state index in [0.29, 0.717) is 16.8 Å². The first-order valence-electron chi connectivity index (χ1n) is 11.4. The number of carbonyl (C=O) groups excluding carboxylic acids is 2. The Hall–Kier alpha value is -3.34. The monoisotopic (exact) mass is 535 g/mol. The van der Waals surface area contributed by atoms with E-state index in [1.165, 1.54) is 28.6 Å². The molecule has 0 saturated heterocycles. The molecule has 3 aromatic rings. The van der Waals surface area contributed by atoms with Gasteiger partial charge in [0.1, 0.15) is 22.6 Å². The zero-order valence-electron chi connectivity index (χ0n) is 21.1. The number of benzene rings is 2. The van der Waals surface area contributed by atoms with E-state index in [9.17, 15) is 22.8 Å². The van der Waals surface area contributed by atoms with Crippen LogP contribution < -0.4 is 0 Å². The van der Waals surface area contributed by atoms with Crippen LogP contribution in [0.15, 0.2) is 59.6 Å². The molecule has 0 atom stereocenters. The number of ether oxygens (including phenoxy) is 2. The highest BCUT2D eigenvalue weighted by Crippen LogP contribution is 2.35. The van der Waals surface area contributed by atoms with E-state index in [4.69, 9.17) is 9.47 Å². The summed E-state index contributed by atoms with van der Waals surface area (Å²) in [6.07, 6.45) is -2.83. The maximum absolute atomic E-state index is 12.7. The van der Waals surface area contributed by atoms with Crippen molar-refractivity contribution in [1.29, 1.82) is 0 Å². The Morgan fingerprint density at radius 2 is 1.57 bits per heavy atom. The number of halogens is 3. The van der Waals surface area contributed by atoms with Gasteiger partial charge in [-0.25, -0.2) is 9.48 Å². The minimum atomic E-state index is -4.39. The predicted molar refractivity (Wildman–Crippen MR) is 132 cm³/mol. The number of esters is 2. The summed E-state index contributed by atoms with van der Waals surface area (Å²) in [5, 5.41) is 7.87. The van der Waals surface area contributed by atoms with Crippen LogP contribution in [0.25, 0.3) is 0 Å². The van der Waals surface area contributed by atoms with E-state index in [1.807, 2.05) is 20.8 Å². The number of rotatable bonds is 8. The van der Waals surface area contributed by atoms with Crippen LogP contribution in [-0.2, 0) is 33.6 Å². The van der Waals surface area contributed by atoms with Crippen LogP contribution in [0, 0.1) is 0 Å². The van der Waals surface area contributed by atoms with Crippen LogP contribution in [0.3, 0.4) is 0 Å². The van der Waals surface area contributed by atoms with E-state index in [1.54, 1.807) is 44.3 Å². The van der Waals surface area contributed by atoms with Gasteiger partial charge in [-0.3, -0.25) is 4.79 Å². The Morgan fingerprint density at radius 1 is 0.946 bits per heavy atom. The number of alkyl halides is 3. The average molecular weight is 536 g/mol. The first-order valence-corrected chi connectivity index (χ1v) is 12.2. The van der Waals surface area contributed by atoms with E-state index in [-0.39, 0.29) is 19.1 Å². The van der Waals surface area contributed by atoms with Gasteiger partial charge in [0.15, 0.2) is 0 Å². The lowest BCUT2D eigenvalue weighted by Crippen LogP contribution is -2.36. The van der Waals surface area contributed by atoms with Crippen molar-refractivity contribution in [3.05, 3.63) is 77.1 Å². The molecule has 37 heavy (non-hydrogen) atoms. The second-order valence-electron chi connectivity index (χ2n) is 9.82. The normalized spacial score (nSPS) is 12.3. The third-order valence-electron chi connectivity index (χ3n) is 4.92. The summed E-state index contributed by atoms with van der Waals surface area (Å²) in [6.45, 7) is 9.09. The Bertz CT molecular complexity index is 1230. The third kappa shape index (κ3) is 8.34. The van der Waals surface area contributed by atoms with Crippen LogP contribution in [-0.4, -0.2) is 37.3 Å². The second kappa shape index (κ2) is 11.0. The molecule has 0 aliphatic heterocycles. The number of aromatic nitrogens is 3. The first kappa shape index (κ1) is 28.2. The van der Waals surface area contributed by atoms with Crippen molar-refractivity contribution >= 4 is 23.7 Å². The molecule has 3 rings (SSSR count). The molecule has 0 radical (unpaired) electrons. The van der Waals surface area contributed by atoms with Crippen molar-refractivity contribution in [3.63, 3.8) is 0 Å². The summed E-state index contributed by atoms with van der Waals surface area (Å²) in [6, 6.07) is 11.5. The van der Waals surface area contributed by atoms with Crippen LogP contribution in [0.5, 0.6) is 0 Å². The molecule has 1 aromatic heterocycles. The Kier molecular flexibility index (Phi) is 8.36.